The normalized spacial score (nSPS) is 12.9. The van der Waals surface area contributed by atoms with Crippen molar-refractivity contribution in [2.24, 2.45) is 0 Å². The molecule has 21 heavy (non-hydrogen) atoms. The van der Waals surface area contributed by atoms with Crippen LogP contribution in [0.5, 0.6) is 5.75 Å². The SMILES string of the molecule is CCCNC(CCCOCC)c1c(OC)cnn1C(C)C. The maximum Gasteiger partial charge on any atom is 0.161 e. The summed E-state index contributed by atoms with van der Waals surface area (Å²) in [6.07, 6.45) is 4.98. The summed E-state index contributed by atoms with van der Waals surface area (Å²) in [5.74, 6) is 0.869. The number of aromatic nitrogens is 2. The molecule has 0 amide bonds. The Bertz CT molecular complexity index is 391. The molecule has 0 bridgehead atoms. The van der Waals surface area contributed by atoms with Crippen molar-refractivity contribution in [1.82, 2.24) is 15.1 Å². The zero-order chi connectivity index (χ0) is 15.7. The van der Waals surface area contributed by atoms with Crippen LogP contribution in [-0.2, 0) is 4.74 Å². The molecule has 0 aliphatic carbocycles. The molecule has 1 aromatic rings. The molecule has 0 aliphatic rings. The first-order valence-electron chi connectivity index (χ1n) is 8.08. The largest absolute Gasteiger partial charge is 0.493 e. The second-order valence-electron chi connectivity index (χ2n) is 5.48. The Kier molecular flexibility index (Phi) is 8.38. The Hall–Kier alpha value is -1.07. The van der Waals surface area contributed by atoms with Gasteiger partial charge >= 0.3 is 0 Å². The predicted molar refractivity (Wildman–Crippen MR) is 85.9 cm³/mol. The molecule has 1 atom stereocenters. The summed E-state index contributed by atoms with van der Waals surface area (Å²) in [5.41, 5.74) is 1.15. The molecule has 0 spiro atoms. The number of rotatable bonds is 11. The van der Waals surface area contributed by atoms with Crippen LogP contribution in [-0.4, -0.2) is 36.6 Å². The van der Waals surface area contributed by atoms with Crippen LogP contribution >= 0.6 is 0 Å². The van der Waals surface area contributed by atoms with Gasteiger partial charge in [0.05, 0.1) is 25.0 Å². The van der Waals surface area contributed by atoms with E-state index < -0.39 is 0 Å². The van der Waals surface area contributed by atoms with Crippen LogP contribution in [0.4, 0.5) is 0 Å². The highest BCUT2D eigenvalue weighted by atomic mass is 16.5. The number of nitrogens with one attached hydrogen (secondary N) is 1. The summed E-state index contributed by atoms with van der Waals surface area (Å²) in [5, 5.41) is 8.10. The molecule has 0 fully saturated rings. The maximum atomic E-state index is 5.51. The highest BCUT2D eigenvalue weighted by molar-refractivity contribution is 5.28. The van der Waals surface area contributed by atoms with E-state index in [1.54, 1.807) is 7.11 Å². The first kappa shape index (κ1) is 18.0. The van der Waals surface area contributed by atoms with Gasteiger partial charge in [0.2, 0.25) is 0 Å². The Morgan fingerprint density at radius 1 is 1.33 bits per heavy atom. The second kappa shape index (κ2) is 9.79. The topological polar surface area (TPSA) is 48.3 Å². The molecule has 1 rings (SSSR count). The van der Waals surface area contributed by atoms with Gasteiger partial charge in [0.15, 0.2) is 5.75 Å². The van der Waals surface area contributed by atoms with Crippen molar-refractivity contribution >= 4 is 0 Å². The zero-order valence-corrected chi connectivity index (χ0v) is 14.2. The van der Waals surface area contributed by atoms with Crippen molar-refractivity contribution in [3.8, 4) is 5.75 Å². The van der Waals surface area contributed by atoms with Gasteiger partial charge in [-0.25, -0.2) is 0 Å². The van der Waals surface area contributed by atoms with Crippen LogP contribution < -0.4 is 10.1 Å². The van der Waals surface area contributed by atoms with E-state index >= 15 is 0 Å². The zero-order valence-electron chi connectivity index (χ0n) is 14.2. The first-order valence-corrected chi connectivity index (χ1v) is 8.08. The lowest BCUT2D eigenvalue weighted by Gasteiger charge is -2.22. The number of nitrogens with zero attached hydrogens (tertiary/aromatic N) is 2. The molecule has 1 heterocycles. The Morgan fingerprint density at radius 3 is 2.67 bits per heavy atom. The van der Waals surface area contributed by atoms with E-state index in [1.807, 2.05) is 13.1 Å². The highest BCUT2D eigenvalue weighted by Gasteiger charge is 2.22. The van der Waals surface area contributed by atoms with Gasteiger partial charge in [-0.3, -0.25) is 4.68 Å². The van der Waals surface area contributed by atoms with E-state index in [0.29, 0.717) is 6.04 Å². The Balaban J connectivity index is 2.87. The number of hydrogen-bond donors (Lipinski definition) is 1. The summed E-state index contributed by atoms with van der Waals surface area (Å²) in [6.45, 7) is 11.1. The van der Waals surface area contributed by atoms with E-state index in [1.165, 1.54) is 0 Å². The summed E-state index contributed by atoms with van der Waals surface area (Å²) in [7, 11) is 1.71. The van der Waals surface area contributed by atoms with E-state index in [4.69, 9.17) is 9.47 Å². The lowest BCUT2D eigenvalue weighted by Crippen LogP contribution is -2.26. The van der Waals surface area contributed by atoms with E-state index in [2.05, 4.69) is 35.9 Å². The highest BCUT2D eigenvalue weighted by Crippen LogP contribution is 2.30. The third-order valence-corrected chi connectivity index (χ3v) is 3.46. The molecule has 5 heteroatoms. The number of methoxy groups -OCH3 is 1. The van der Waals surface area contributed by atoms with E-state index in [-0.39, 0.29) is 6.04 Å². The molecule has 0 radical (unpaired) electrons. The third-order valence-electron chi connectivity index (χ3n) is 3.46. The average Bonchev–Trinajstić information content (AvgIpc) is 2.90. The van der Waals surface area contributed by atoms with Gasteiger partial charge in [-0.2, -0.15) is 5.10 Å². The van der Waals surface area contributed by atoms with Gasteiger partial charge in [-0.15, -0.1) is 0 Å². The number of ether oxygens (including phenoxy) is 2. The van der Waals surface area contributed by atoms with Crippen LogP contribution in [0.15, 0.2) is 6.20 Å². The molecule has 0 saturated carbocycles. The van der Waals surface area contributed by atoms with Crippen LogP contribution in [0.25, 0.3) is 0 Å². The summed E-state index contributed by atoms with van der Waals surface area (Å²) >= 11 is 0. The van der Waals surface area contributed by atoms with Gasteiger partial charge in [-0.05, 0) is 46.6 Å². The van der Waals surface area contributed by atoms with Gasteiger partial charge in [0, 0.05) is 19.3 Å². The molecule has 0 aromatic carbocycles. The average molecular weight is 297 g/mol. The molecule has 1 N–H and O–H groups in total. The molecule has 1 unspecified atom stereocenters. The molecule has 1 aromatic heterocycles. The van der Waals surface area contributed by atoms with Crippen molar-refractivity contribution in [2.75, 3.05) is 26.9 Å². The molecule has 122 valence electrons. The molecular formula is C16H31N3O2. The van der Waals surface area contributed by atoms with Crippen LogP contribution in [0.1, 0.15) is 64.7 Å². The predicted octanol–water partition coefficient (Wildman–Crippen LogP) is 3.33. The van der Waals surface area contributed by atoms with Crippen LogP contribution in [0.2, 0.25) is 0 Å². The summed E-state index contributed by atoms with van der Waals surface area (Å²) in [4.78, 5) is 0. The monoisotopic (exact) mass is 297 g/mol. The van der Waals surface area contributed by atoms with Crippen molar-refractivity contribution in [2.45, 2.75) is 59.0 Å². The van der Waals surface area contributed by atoms with Gasteiger partial charge < -0.3 is 14.8 Å². The lowest BCUT2D eigenvalue weighted by molar-refractivity contribution is 0.140. The standard InChI is InChI=1S/C16H31N3O2/c1-6-10-17-14(9-8-11-21-7-2)16-15(20-5)12-18-19(16)13(3)4/h12-14,17H,6-11H2,1-5H3. The van der Waals surface area contributed by atoms with Crippen LogP contribution in [0.3, 0.4) is 0 Å². The fourth-order valence-corrected chi connectivity index (χ4v) is 2.44. The lowest BCUT2D eigenvalue weighted by atomic mass is 10.1. The van der Waals surface area contributed by atoms with Crippen molar-refractivity contribution < 1.29 is 9.47 Å². The fourth-order valence-electron chi connectivity index (χ4n) is 2.44. The Labute approximate surface area is 129 Å². The first-order chi connectivity index (χ1) is 10.2. The minimum absolute atomic E-state index is 0.255. The molecule has 0 aliphatic heterocycles. The second-order valence-corrected chi connectivity index (χ2v) is 5.48. The minimum Gasteiger partial charge on any atom is -0.493 e. The van der Waals surface area contributed by atoms with Gasteiger partial charge in [0.25, 0.3) is 0 Å². The van der Waals surface area contributed by atoms with Crippen molar-refractivity contribution in [3.63, 3.8) is 0 Å². The summed E-state index contributed by atoms with van der Waals surface area (Å²) in [6, 6.07) is 0.576. The molecule has 5 nitrogen and oxygen atoms in total. The quantitative estimate of drug-likeness (QED) is 0.636. The minimum atomic E-state index is 0.255. The fraction of sp³-hybridized carbons (Fsp3) is 0.812. The summed E-state index contributed by atoms with van der Waals surface area (Å²) < 4.78 is 13.0. The Morgan fingerprint density at radius 2 is 2.10 bits per heavy atom. The van der Waals surface area contributed by atoms with E-state index in [9.17, 15) is 0 Å². The van der Waals surface area contributed by atoms with Crippen molar-refractivity contribution in [1.29, 1.82) is 0 Å². The van der Waals surface area contributed by atoms with Gasteiger partial charge in [0.1, 0.15) is 0 Å². The molecular weight excluding hydrogens is 266 g/mol. The van der Waals surface area contributed by atoms with E-state index in [0.717, 1.165) is 50.5 Å². The third kappa shape index (κ3) is 5.32. The van der Waals surface area contributed by atoms with Crippen molar-refractivity contribution in [3.05, 3.63) is 11.9 Å². The maximum absolute atomic E-state index is 5.51. The van der Waals surface area contributed by atoms with Crippen LogP contribution in [0, 0.1) is 0 Å². The van der Waals surface area contributed by atoms with Gasteiger partial charge in [-0.1, -0.05) is 6.92 Å². The molecule has 0 saturated heterocycles. The smallest absolute Gasteiger partial charge is 0.161 e. The number of hydrogen-bond acceptors (Lipinski definition) is 4.